The topological polar surface area (TPSA) is 73.5 Å². The molecule has 1 aliphatic rings. The Labute approximate surface area is 214 Å². The van der Waals surface area contributed by atoms with Gasteiger partial charge in [-0.15, -0.1) is 0 Å². The van der Waals surface area contributed by atoms with Crippen LogP contribution in [0.4, 0.5) is 21.9 Å². The summed E-state index contributed by atoms with van der Waals surface area (Å²) in [6.07, 6.45) is 2.23. The maximum absolute atomic E-state index is 13.0. The summed E-state index contributed by atoms with van der Waals surface area (Å²) in [5.41, 5.74) is 7.31. The number of anilines is 3. The standard InChI is InChI=1S/C30H36N4O2/c1-20(2)24-10-8-23(9-11-24)19-31-29(35)25-12-14-28(34-15-5-6-16-34)27(18-25)33-30(36)32-26-13-7-21(3)17-22(26)4/h7-14,17-18,20H,5-6,15-16,19H2,1-4H3,(H,31,35)(H2,32,33,36). The third-order valence-corrected chi connectivity index (χ3v) is 6.68. The summed E-state index contributed by atoms with van der Waals surface area (Å²) in [5, 5.41) is 8.94. The summed E-state index contributed by atoms with van der Waals surface area (Å²) in [5.74, 6) is 0.301. The molecule has 3 aromatic rings. The fraction of sp³-hybridized carbons (Fsp3) is 0.333. The number of aryl methyl sites for hydroxylation is 2. The van der Waals surface area contributed by atoms with Gasteiger partial charge in [0.2, 0.25) is 0 Å². The Kier molecular flexibility index (Phi) is 7.93. The van der Waals surface area contributed by atoms with Crippen LogP contribution in [0.5, 0.6) is 0 Å². The molecule has 0 radical (unpaired) electrons. The number of carbonyl (C=O) groups excluding carboxylic acids is 2. The molecule has 3 amide bonds. The van der Waals surface area contributed by atoms with Crippen LogP contribution in [0.2, 0.25) is 0 Å². The van der Waals surface area contributed by atoms with Crippen molar-refractivity contribution in [3.63, 3.8) is 0 Å². The van der Waals surface area contributed by atoms with Crippen LogP contribution < -0.4 is 20.9 Å². The maximum Gasteiger partial charge on any atom is 0.323 e. The van der Waals surface area contributed by atoms with Crippen molar-refractivity contribution in [2.75, 3.05) is 28.6 Å². The zero-order valence-corrected chi connectivity index (χ0v) is 21.7. The van der Waals surface area contributed by atoms with Gasteiger partial charge in [0, 0.05) is 30.9 Å². The Morgan fingerprint density at radius 1 is 0.861 bits per heavy atom. The average Bonchev–Trinajstić information content (AvgIpc) is 3.39. The highest BCUT2D eigenvalue weighted by Crippen LogP contribution is 2.30. The number of urea groups is 1. The zero-order chi connectivity index (χ0) is 25.7. The van der Waals surface area contributed by atoms with Gasteiger partial charge in [0.1, 0.15) is 0 Å². The lowest BCUT2D eigenvalue weighted by atomic mass is 10.0. The van der Waals surface area contributed by atoms with Crippen LogP contribution in [-0.4, -0.2) is 25.0 Å². The van der Waals surface area contributed by atoms with Crippen molar-refractivity contribution < 1.29 is 9.59 Å². The second kappa shape index (κ2) is 11.3. The predicted octanol–water partition coefficient (Wildman–Crippen LogP) is 6.60. The Bertz CT molecular complexity index is 1230. The van der Waals surface area contributed by atoms with Crippen LogP contribution in [0.25, 0.3) is 0 Å². The monoisotopic (exact) mass is 484 g/mol. The van der Waals surface area contributed by atoms with Gasteiger partial charge in [-0.3, -0.25) is 4.79 Å². The van der Waals surface area contributed by atoms with Crippen LogP contribution in [0.3, 0.4) is 0 Å². The fourth-order valence-corrected chi connectivity index (χ4v) is 4.55. The van der Waals surface area contributed by atoms with Gasteiger partial charge in [0.05, 0.1) is 11.4 Å². The summed E-state index contributed by atoms with van der Waals surface area (Å²) in [4.78, 5) is 28.1. The summed E-state index contributed by atoms with van der Waals surface area (Å²) in [6.45, 7) is 10.6. The fourth-order valence-electron chi connectivity index (χ4n) is 4.55. The second-order valence-electron chi connectivity index (χ2n) is 9.90. The average molecular weight is 485 g/mol. The van der Waals surface area contributed by atoms with Crippen LogP contribution in [0.15, 0.2) is 60.7 Å². The molecule has 0 bridgehead atoms. The van der Waals surface area contributed by atoms with Gasteiger partial charge in [-0.25, -0.2) is 4.79 Å². The number of amides is 3. The zero-order valence-electron chi connectivity index (χ0n) is 21.7. The Balaban J connectivity index is 1.49. The van der Waals surface area contributed by atoms with Crippen LogP contribution in [0, 0.1) is 13.8 Å². The lowest BCUT2D eigenvalue weighted by Crippen LogP contribution is -2.26. The third kappa shape index (κ3) is 6.25. The van der Waals surface area contributed by atoms with Gasteiger partial charge in [0.25, 0.3) is 5.91 Å². The van der Waals surface area contributed by atoms with E-state index in [4.69, 9.17) is 0 Å². The van der Waals surface area contributed by atoms with Gasteiger partial charge in [-0.2, -0.15) is 0 Å². The molecule has 6 nitrogen and oxygen atoms in total. The summed E-state index contributed by atoms with van der Waals surface area (Å²) < 4.78 is 0. The molecule has 3 aromatic carbocycles. The summed E-state index contributed by atoms with van der Waals surface area (Å²) in [7, 11) is 0. The highest BCUT2D eigenvalue weighted by atomic mass is 16.2. The van der Waals surface area contributed by atoms with Crippen molar-refractivity contribution in [2.24, 2.45) is 0 Å². The molecule has 188 valence electrons. The van der Waals surface area contributed by atoms with E-state index in [-0.39, 0.29) is 11.9 Å². The lowest BCUT2D eigenvalue weighted by molar-refractivity contribution is 0.0951. The lowest BCUT2D eigenvalue weighted by Gasteiger charge is -2.22. The molecular formula is C30H36N4O2. The summed E-state index contributed by atoms with van der Waals surface area (Å²) in [6, 6.07) is 19.4. The largest absolute Gasteiger partial charge is 0.370 e. The Morgan fingerprint density at radius 3 is 2.22 bits per heavy atom. The minimum Gasteiger partial charge on any atom is -0.370 e. The molecule has 6 heteroatoms. The smallest absolute Gasteiger partial charge is 0.323 e. The number of nitrogens with zero attached hydrogens (tertiary/aromatic N) is 1. The maximum atomic E-state index is 13.0. The highest BCUT2D eigenvalue weighted by molar-refractivity contribution is 6.04. The summed E-state index contributed by atoms with van der Waals surface area (Å²) >= 11 is 0. The van der Waals surface area contributed by atoms with E-state index in [0.717, 1.165) is 54.0 Å². The van der Waals surface area contributed by atoms with Crippen LogP contribution >= 0.6 is 0 Å². The number of nitrogens with one attached hydrogen (secondary N) is 3. The van der Waals surface area contributed by atoms with E-state index in [0.29, 0.717) is 23.7 Å². The van der Waals surface area contributed by atoms with Crippen molar-refractivity contribution in [3.05, 3.63) is 88.5 Å². The first-order valence-corrected chi connectivity index (χ1v) is 12.7. The van der Waals surface area contributed by atoms with Gasteiger partial charge >= 0.3 is 6.03 Å². The number of carbonyl (C=O) groups is 2. The van der Waals surface area contributed by atoms with Crippen molar-refractivity contribution in [1.82, 2.24) is 5.32 Å². The Morgan fingerprint density at radius 2 is 1.56 bits per heavy atom. The molecule has 1 saturated heterocycles. The number of rotatable bonds is 7. The molecule has 1 heterocycles. The first-order chi connectivity index (χ1) is 17.3. The van der Waals surface area contributed by atoms with E-state index in [2.05, 4.69) is 59.0 Å². The number of hydrogen-bond acceptors (Lipinski definition) is 3. The van der Waals surface area contributed by atoms with E-state index in [1.54, 1.807) is 6.07 Å². The van der Waals surface area contributed by atoms with E-state index < -0.39 is 0 Å². The van der Waals surface area contributed by atoms with Gasteiger partial charge < -0.3 is 20.9 Å². The van der Waals surface area contributed by atoms with E-state index in [1.165, 1.54) is 5.56 Å². The normalized spacial score (nSPS) is 13.1. The molecule has 36 heavy (non-hydrogen) atoms. The number of benzene rings is 3. The first kappa shape index (κ1) is 25.3. The third-order valence-electron chi connectivity index (χ3n) is 6.68. The van der Waals surface area contributed by atoms with Gasteiger partial charge in [-0.05, 0) is 73.6 Å². The quantitative estimate of drug-likeness (QED) is 0.354. The minimum atomic E-state index is -0.329. The van der Waals surface area contributed by atoms with E-state index in [9.17, 15) is 9.59 Å². The van der Waals surface area contributed by atoms with Crippen LogP contribution in [-0.2, 0) is 6.54 Å². The molecule has 1 fully saturated rings. The molecule has 0 aromatic heterocycles. The molecule has 3 N–H and O–H groups in total. The molecule has 4 rings (SSSR count). The van der Waals surface area contributed by atoms with E-state index in [1.807, 2.05) is 44.2 Å². The predicted molar refractivity (Wildman–Crippen MR) is 148 cm³/mol. The Hall–Kier alpha value is -3.80. The number of hydrogen-bond donors (Lipinski definition) is 3. The second-order valence-corrected chi connectivity index (χ2v) is 9.90. The molecular weight excluding hydrogens is 448 g/mol. The minimum absolute atomic E-state index is 0.172. The van der Waals surface area contributed by atoms with Crippen molar-refractivity contribution >= 4 is 29.0 Å². The molecule has 0 saturated carbocycles. The van der Waals surface area contributed by atoms with Crippen molar-refractivity contribution in [1.29, 1.82) is 0 Å². The molecule has 0 atom stereocenters. The van der Waals surface area contributed by atoms with Gasteiger partial charge in [-0.1, -0.05) is 55.8 Å². The highest BCUT2D eigenvalue weighted by Gasteiger charge is 2.19. The van der Waals surface area contributed by atoms with Crippen molar-refractivity contribution in [3.8, 4) is 0 Å². The van der Waals surface area contributed by atoms with Crippen LogP contribution in [0.1, 0.15) is 65.2 Å². The molecule has 0 aliphatic carbocycles. The molecule has 1 aliphatic heterocycles. The van der Waals surface area contributed by atoms with Crippen molar-refractivity contribution in [2.45, 2.75) is 53.0 Å². The van der Waals surface area contributed by atoms with Gasteiger partial charge in [0.15, 0.2) is 0 Å². The molecule has 0 spiro atoms. The SMILES string of the molecule is Cc1ccc(NC(=O)Nc2cc(C(=O)NCc3ccc(C(C)C)cc3)ccc2N2CCCC2)c(C)c1. The first-order valence-electron chi connectivity index (χ1n) is 12.7. The molecule has 0 unspecified atom stereocenters. The van der Waals surface area contributed by atoms with E-state index >= 15 is 0 Å².